The zero-order chi connectivity index (χ0) is 23.8. The number of rotatable bonds is 7. The number of hydrogen-bond donors (Lipinski definition) is 4. The molecule has 7 nitrogen and oxygen atoms in total. The predicted octanol–water partition coefficient (Wildman–Crippen LogP) is 5.76. The van der Waals surface area contributed by atoms with Gasteiger partial charge in [-0.05, 0) is 78.1 Å². The lowest BCUT2D eigenvalue weighted by Gasteiger charge is -2.19. The molecule has 0 saturated carbocycles. The van der Waals surface area contributed by atoms with Crippen molar-refractivity contribution in [2.45, 2.75) is 19.4 Å². The van der Waals surface area contributed by atoms with Crippen molar-refractivity contribution in [2.75, 3.05) is 16.4 Å². The van der Waals surface area contributed by atoms with E-state index in [1.165, 1.54) is 6.08 Å². The maximum absolute atomic E-state index is 12.5. The molecule has 0 bridgehead atoms. The van der Waals surface area contributed by atoms with Crippen LogP contribution >= 0.6 is 22.6 Å². The standard InChI is InChI=1S/C25H24IN3O4/c1-16-9-12-18(13-10-16)28-25(32)33-23(19-15-17(26)11-14-22(19)30)7-4-8-24(31)29-21-6-3-2-5-20(21)27/h2-6,8-15,23,30H,7,27H2,1H3,(H,28,32)(H,29,31)/b8-4+/t23-/m1/s1. The molecule has 3 rings (SSSR count). The molecule has 1 atom stereocenters. The summed E-state index contributed by atoms with van der Waals surface area (Å²) in [7, 11) is 0. The predicted molar refractivity (Wildman–Crippen MR) is 138 cm³/mol. The Balaban J connectivity index is 1.71. The van der Waals surface area contributed by atoms with Gasteiger partial charge in [-0.3, -0.25) is 10.1 Å². The number of phenolic OH excluding ortho intramolecular Hbond substituents is 1. The molecule has 3 aromatic rings. The van der Waals surface area contributed by atoms with Gasteiger partial charge >= 0.3 is 6.09 Å². The van der Waals surface area contributed by atoms with Crippen LogP contribution in [0.5, 0.6) is 5.75 Å². The third-order valence-corrected chi connectivity index (χ3v) is 5.39. The van der Waals surface area contributed by atoms with Crippen molar-refractivity contribution in [3.8, 4) is 5.75 Å². The summed E-state index contributed by atoms with van der Waals surface area (Å²) in [5.74, 6) is -0.374. The number of halogens is 1. The number of nitrogens with two attached hydrogens (primary N) is 1. The number of aryl methyl sites for hydroxylation is 1. The Morgan fingerprint density at radius 2 is 1.82 bits per heavy atom. The van der Waals surface area contributed by atoms with E-state index < -0.39 is 12.2 Å². The number of nitrogen functional groups attached to an aromatic ring is 1. The van der Waals surface area contributed by atoms with Crippen molar-refractivity contribution in [2.24, 2.45) is 0 Å². The summed E-state index contributed by atoms with van der Waals surface area (Å²) < 4.78 is 6.48. The fourth-order valence-electron chi connectivity index (χ4n) is 3.02. The molecule has 0 aliphatic heterocycles. The van der Waals surface area contributed by atoms with Crippen molar-refractivity contribution in [1.29, 1.82) is 0 Å². The summed E-state index contributed by atoms with van der Waals surface area (Å²) in [4.78, 5) is 24.8. The molecule has 0 fully saturated rings. The molecule has 3 aromatic carbocycles. The molecule has 5 N–H and O–H groups in total. The smallest absolute Gasteiger partial charge is 0.412 e. The molecule has 0 saturated heterocycles. The highest BCUT2D eigenvalue weighted by molar-refractivity contribution is 14.1. The number of anilines is 3. The van der Waals surface area contributed by atoms with Gasteiger partial charge in [-0.25, -0.2) is 4.79 Å². The summed E-state index contributed by atoms with van der Waals surface area (Å²) in [6.07, 6.45) is 1.61. The Kier molecular flexibility index (Phi) is 8.31. The van der Waals surface area contributed by atoms with Gasteiger partial charge in [-0.2, -0.15) is 0 Å². The number of benzene rings is 3. The number of phenols is 1. The highest BCUT2D eigenvalue weighted by Gasteiger charge is 2.20. The average molecular weight is 557 g/mol. The lowest BCUT2D eigenvalue weighted by molar-refractivity contribution is -0.111. The Labute approximate surface area is 205 Å². The highest BCUT2D eigenvalue weighted by Crippen LogP contribution is 2.31. The minimum atomic E-state index is -0.809. The summed E-state index contributed by atoms with van der Waals surface area (Å²) in [6, 6.07) is 19.3. The molecule has 33 heavy (non-hydrogen) atoms. The van der Waals surface area contributed by atoms with Crippen LogP contribution in [0.15, 0.2) is 78.9 Å². The van der Waals surface area contributed by atoms with Crippen LogP contribution in [-0.4, -0.2) is 17.1 Å². The van der Waals surface area contributed by atoms with E-state index in [0.29, 0.717) is 22.6 Å². The molecule has 0 spiro atoms. The Morgan fingerprint density at radius 3 is 2.55 bits per heavy atom. The number of carbonyl (C=O) groups excluding carboxylic acids is 2. The van der Waals surface area contributed by atoms with Crippen LogP contribution in [0, 0.1) is 10.5 Å². The zero-order valence-electron chi connectivity index (χ0n) is 17.9. The van der Waals surface area contributed by atoms with Crippen molar-refractivity contribution in [1.82, 2.24) is 0 Å². The van der Waals surface area contributed by atoms with Gasteiger partial charge in [0.25, 0.3) is 0 Å². The van der Waals surface area contributed by atoms with Crippen LogP contribution in [0.3, 0.4) is 0 Å². The first-order valence-corrected chi connectivity index (χ1v) is 11.2. The summed E-state index contributed by atoms with van der Waals surface area (Å²) >= 11 is 2.11. The van der Waals surface area contributed by atoms with Gasteiger partial charge < -0.3 is 20.9 Å². The first kappa shape index (κ1) is 24.1. The van der Waals surface area contributed by atoms with Crippen LogP contribution in [-0.2, 0) is 9.53 Å². The second-order valence-corrected chi connectivity index (χ2v) is 8.55. The Morgan fingerprint density at radius 1 is 1.09 bits per heavy atom. The van der Waals surface area contributed by atoms with E-state index in [1.807, 2.05) is 19.1 Å². The topological polar surface area (TPSA) is 114 Å². The van der Waals surface area contributed by atoms with Gasteiger partial charge in [0.15, 0.2) is 0 Å². The molecular weight excluding hydrogens is 533 g/mol. The van der Waals surface area contributed by atoms with E-state index in [1.54, 1.807) is 60.7 Å². The monoisotopic (exact) mass is 557 g/mol. The zero-order valence-corrected chi connectivity index (χ0v) is 20.1. The number of nitrogens with one attached hydrogen (secondary N) is 2. The number of para-hydroxylation sites is 2. The number of carbonyl (C=O) groups is 2. The summed E-state index contributed by atoms with van der Waals surface area (Å²) in [6.45, 7) is 1.95. The van der Waals surface area contributed by atoms with Gasteiger partial charge in [0, 0.05) is 21.2 Å². The summed E-state index contributed by atoms with van der Waals surface area (Å²) in [5.41, 5.74) is 8.91. The molecule has 0 radical (unpaired) electrons. The van der Waals surface area contributed by atoms with Crippen LogP contribution in [0.2, 0.25) is 0 Å². The first-order chi connectivity index (χ1) is 15.8. The SMILES string of the molecule is Cc1ccc(NC(=O)O[C@H](C/C=C/C(=O)Nc2ccccc2N)c2cc(I)ccc2O)cc1. The number of hydrogen-bond acceptors (Lipinski definition) is 5. The van der Waals surface area contributed by atoms with Gasteiger partial charge in [0.2, 0.25) is 5.91 Å². The molecule has 2 amide bonds. The minimum Gasteiger partial charge on any atom is -0.508 e. The van der Waals surface area contributed by atoms with E-state index in [9.17, 15) is 14.7 Å². The maximum Gasteiger partial charge on any atom is 0.412 e. The van der Waals surface area contributed by atoms with E-state index in [4.69, 9.17) is 10.5 Å². The highest BCUT2D eigenvalue weighted by atomic mass is 127. The molecular formula is C25H24IN3O4. The third kappa shape index (κ3) is 7.25. The van der Waals surface area contributed by atoms with E-state index in [2.05, 4.69) is 33.2 Å². The average Bonchev–Trinajstić information content (AvgIpc) is 2.78. The molecule has 170 valence electrons. The van der Waals surface area contributed by atoms with Crippen LogP contribution in [0.25, 0.3) is 0 Å². The minimum absolute atomic E-state index is 0.00142. The lowest BCUT2D eigenvalue weighted by Crippen LogP contribution is -2.18. The fourth-order valence-corrected chi connectivity index (χ4v) is 3.53. The van der Waals surface area contributed by atoms with Gasteiger partial charge in [-0.1, -0.05) is 35.9 Å². The molecule has 0 aliphatic carbocycles. The molecule has 8 heteroatoms. The molecule has 0 unspecified atom stereocenters. The van der Waals surface area contributed by atoms with Crippen molar-refractivity contribution in [3.05, 3.63) is 93.6 Å². The van der Waals surface area contributed by atoms with E-state index in [0.717, 1.165) is 9.13 Å². The molecule has 0 heterocycles. The van der Waals surface area contributed by atoms with E-state index in [-0.39, 0.29) is 18.1 Å². The number of aromatic hydroxyl groups is 1. The molecule has 0 aromatic heterocycles. The number of ether oxygens (including phenoxy) is 1. The second kappa shape index (κ2) is 11.4. The van der Waals surface area contributed by atoms with Gasteiger partial charge in [-0.15, -0.1) is 0 Å². The Bertz CT molecular complexity index is 1160. The van der Waals surface area contributed by atoms with Crippen molar-refractivity contribution >= 4 is 51.7 Å². The number of amides is 2. The van der Waals surface area contributed by atoms with Crippen molar-refractivity contribution < 1.29 is 19.4 Å². The van der Waals surface area contributed by atoms with Crippen LogP contribution < -0.4 is 16.4 Å². The third-order valence-electron chi connectivity index (χ3n) is 4.72. The Hall–Kier alpha value is -3.53. The lowest BCUT2D eigenvalue weighted by atomic mass is 10.0. The molecule has 0 aliphatic rings. The maximum atomic E-state index is 12.5. The summed E-state index contributed by atoms with van der Waals surface area (Å²) in [5, 5.41) is 15.7. The van der Waals surface area contributed by atoms with Crippen molar-refractivity contribution in [3.63, 3.8) is 0 Å². The fraction of sp³-hybridized carbons (Fsp3) is 0.120. The first-order valence-electron chi connectivity index (χ1n) is 10.2. The van der Waals surface area contributed by atoms with Crippen LogP contribution in [0.4, 0.5) is 21.9 Å². The van der Waals surface area contributed by atoms with E-state index >= 15 is 0 Å². The largest absolute Gasteiger partial charge is 0.508 e. The van der Waals surface area contributed by atoms with Crippen LogP contribution in [0.1, 0.15) is 23.7 Å². The quantitative estimate of drug-likeness (QED) is 0.168. The van der Waals surface area contributed by atoms with Gasteiger partial charge in [0.05, 0.1) is 11.4 Å². The normalized spacial score (nSPS) is 11.7. The van der Waals surface area contributed by atoms with Gasteiger partial charge in [0.1, 0.15) is 11.9 Å². The second-order valence-electron chi connectivity index (χ2n) is 7.30.